The lowest BCUT2D eigenvalue weighted by Crippen LogP contribution is -2.35. The average molecular weight is 287 g/mol. The minimum Gasteiger partial charge on any atom is -0.396 e. The van der Waals surface area contributed by atoms with Gasteiger partial charge in [-0.1, -0.05) is 33.1 Å². The molecule has 2 unspecified atom stereocenters. The van der Waals surface area contributed by atoms with Gasteiger partial charge < -0.3 is 20.3 Å². The summed E-state index contributed by atoms with van der Waals surface area (Å²) in [6.07, 6.45) is 6.60. The molecule has 1 rings (SSSR count). The third-order valence-electron chi connectivity index (χ3n) is 4.38. The minimum absolute atomic E-state index is 0.105. The molecule has 20 heavy (non-hydrogen) atoms. The van der Waals surface area contributed by atoms with E-state index in [1.807, 2.05) is 0 Å². The summed E-state index contributed by atoms with van der Waals surface area (Å²) in [6.45, 7) is 7.17. The topological polar surface area (TPSA) is 61.7 Å². The van der Waals surface area contributed by atoms with E-state index in [0.717, 1.165) is 32.4 Å². The van der Waals surface area contributed by atoms with Crippen molar-refractivity contribution in [3.8, 4) is 0 Å². The minimum atomic E-state index is -0.451. The van der Waals surface area contributed by atoms with Crippen molar-refractivity contribution >= 4 is 0 Å². The summed E-state index contributed by atoms with van der Waals surface area (Å²) >= 11 is 0. The van der Waals surface area contributed by atoms with E-state index in [2.05, 4.69) is 19.2 Å². The lowest BCUT2D eigenvalue weighted by atomic mass is 10.0. The van der Waals surface area contributed by atoms with Gasteiger partial charge in [-0.25, -0.2) is 0 Å². The highest BCUT2D eigenvalue weighted by molar-refractivity contribution is 4.94. The summed E-state index contributed by atoms with van der Waals surface area (Å²) in [5.41, 5.74) is 0.105. The predicted molar refractivity (Wildman–Crippen MR) is 81.8 cm³/mol. The molecule has 0 heterocycles. The molecular weight excluding hydrogens is 254 g/mol. The van der Waals surface area contributed by atoms with Crippen molar-refractivity contribution in [3.63, 3.8) is 0 Å². The van der Waals surface area contributed by atoms with Gasteiger partial charge in [-0.2, -0.15) is 0 Å². The molecule has 0 bridgehead atoms. The first-order valence-electron chi connectivity index (χ1n) is 8.23. The maximum atomic E-state index is 9.85. The first kappa shape index (κ1) is 17.9. The molecule has 120 valence electrons. The van der Waals surface area contributed by atoms with Crippen LogP contribution < -0.4 is 5.32 Å². The van der Waals surface area contributed by atoms with Crippen molar-refractivity contribution in [2.75, 3.05) is 32.9 Å². The first-order chi connectivity index (χ1) is 9.65. The van der Waals surface area contributed by atoms with Crippen molar-refractivity contribution in [1.29, 1.82) is 0 Å². The maximum absolute atomic E-state index is 9.85. The van der Waals surface area contributed by atoms with Gasteiger partial charge in [0.2, 0.25) is 0 Å². The first-order valence-corrected chi connectivity index (χ1v) is 8.23. The molecule has 0 amide bonds. The number of rotatable bonds is 13. The Hall–Kier alpha value is -0.160. The van der Waals surface area contributed by atoms with E-state index in [4.69, 9.17) is 4.74 Å². The van der Waals surface area contributed by atoms with Gasteiger partial charge >= 0.3 is 0 Å². The Labute approximate surface area is 123 Å². The summed E-state index contributed by atoms with van der Waals surface area (Å²) in [5.74, 6) is 0.624. The summed E-state index contributed by atoms with van der Waals surface area (Å²) in [5, 5.41) is 22.3. The van der Waals surface area contributed by atoms with Crippen LogP contribution in [-0.2, 0) is 4.74 Å². The number of aliphatic hydroxyl groups is 2. The van der Waals surface area contributed by atoms with Crippen LogP contribution in [0.4, 0.5) is 0 Å². The van der Waals surface area contributed by atoms with Crippen LogP contribution in [0, 0.1) is 11.3 Å². The highest BCUT2D eigenvalue weighted by Gasteiger charge is 2.41. The second-order valence-corrected chi connectivity index (χ2v) is 6.40. The molecular formula is C16H33NO3. The van der Waals surface area contributed by atoms with Crippen molar-refractivity contribution in [2.24, 2.45) is 11.3 Å². The van der Waals surface area contributed by atoms with E-state index in [-0.39, 0.29) is 12.0 Å². The number of ether oxygens (including phenoxy) is 1. The zero-order valence-corrected chi connectivity index (χ0v) is 13.2. The normalized spacial score (nSPS) is 19.8. The maximum Gasteiger partial charge on any atom is 0.0897 e. The second-order valence-electron chi connectivity index (χ2n) is 6.40. The van der Waals surface area contributed by atoms with Gasteiger partial charge in [0.15, 0.2) is 0 Å². The standard InChI is InChI=1S/C16H33NO3/c1-3-5-6-14(4-2)10-20-11-15(19)9-17-12-16(13-18)7-8-16/h14-15,17-19H,3-13H2,1-2H3. The SMILES string of the molecule is CCCCC(CC)COCC(O)CNCC1(CO)CC1. The van der Waals surface area contributed by atoms with E-state index in [0.29, 0.717) is 19.1 Å². The molecule has 0 aliphatic heterocycles. The lowest BCUT2D eigenvalue weighted by molar-refractivity contribution is 0.0186. The van der Waals surface area contributed by atoms with E-state index in [1.165, 1.54) is 19.3 Å². The third kappa shape index (κ3) is 7.02. The van der Waals surface area contributed by atoms with Gasteiger partial charge in [-0.3, -0.25) is 0 Å². The van der Waals surface area contributed by atoms with Gasteiger partial charge in [-0.05, 0) is 25.2 Å². The fraction of sp³-hybridized carbons (Fsp3) is 1.00. The van der Waals surface area contributed by atoms with E-state index >= 15 is 0 Å². The Balaban J connectivity index is 2.00. The van der Waals surface area contributed by atoms with Crippen LogP contribution in [-0.4, -0.2) is 49.2 Å². The zero-order valence-electron chi connectivity index (χ0n) is 13.2. The molecule has 0 aromatic carbocycles. The molecule has 1 fully saturated rings. The summed E-state index contributed by atoms with van der Waals surface area (Å²) < 4.78 is 5.63. The van der Waals surface area contributed by atoms with Gasteiger partial charge in [0.25, 0.3) is 0 Å². The van der Waals surface area contributed by atoms with Crippen LogP contribution in [0.15, 0.2) is 0 Å². The molecule has 1 aliphatic rings. The largest absolute Gasteiger partial charge is 0.396 e. The van der Waals surface area contributed by atoms with Crippen LogP contribution in [0.2, 0.25) is 0 Å². The molecule has 0 spiro atoms. The quantitative estimate of drug-likeness (QED) is 0.484. The Morgan fingerprint density at radius 1 is 1.25 bits per heavy atom. The Morgan fingerprint density at radius 2 is 2.00 bits per heavy atom. The fourth-order valence-electron chi connectivity index (χ4n) is 2.40. The molecule has 0 aromatic heterocycles. The van der Waals surface area contributed by atoms with E-state index in [1.54, 1.807) is 0 Å². The summed E-state index contributed by atoms with van der Waals surface area (Å²) in [4.78, 5) is 0. The molecule has 3 N–H and O–H groups in total. The molecule has 0 radical (unpaired) electrons. The van der Waals surface area contributed by atoms with Gasteiger partial charge in [0.05, 0.1) is 12.7 Å². The van der Waals surface area contributed by atoms with Crippen LogP contribution in [0.3, 0.4) is 0 Å². The molecule has 0 saturated heterocycles. The third-order valence-corrected chi connectivity index (χ3v) is 4.38. The number of hydrogen-bond acceptors (Lipinski definition) is 4. The van der Waals surface area contributed by atoms with Crippen molar-refractivity contribution in [1.82, 2.24) is 5.32 Å². The zero-order chi connectivity index (χ0) is 14.8. The van der Waals surface area contributed by atoms with E-state index < -0.39 is 6.10 Å². The second kappa shape index (κ2) is 9.72. The Kier molecular flexibility index (Phi) is 8.69. The van der Waals surface area contributed by atoms with Gasteiger partial charge in [0, 0.05) is 31.7 Å². The number of unbranched alkanes of at least 4 members (excludes halogenated alkanes) is 1. The Morgan fingerprint density at radius 3 is 2.55 bits per heavy atom. The smallest absolute Gasteiger partial charge is 0.0897 e. The van der Waals surface area contributed by atoms with Crippen LogP contribution >= 0.6 is 0 Å². The lowest BCUT2D eigenvalue weighted by Gasteiger charge is -2.18. The molecule has 1 aliphatic carbocycles. The molecule has 0 aromatic rings. The monoisotopic (exact) mass is 287 g/mol. The van der Waals surface area contributed by atoms with Crippen molar-refractivity contribution in [2.45, 2.75) is 58.5 Å². The van der Waals surface area contributed by atoms with E-state index in [9.17, 15) is 10.2 Å². The molecule has 4 nitrogen and oxygen atoms in total. The van der Waals surface area contributed by atoms with Crippen molar-refractivity contribution in [3.05, 3.63) is 0 Å². The van der Waals surface area contributed by atoms with Gasteiger partial charge in [0.1, 0.15) is 0 Å². The number of nitrogens with one attached hydrogen (secondary N) is 1. The number of hydrogen-bond donors (Lipinski definition) is 3. The fourth-order valence-corrected chi connectivity index (χ4v) is 2.40. The van der Waals surface area contributed by atoms with Gasteiger partial charge in [-0.15, -0.1) is 0 Å². The predicted octanol–water partition coefficient (Wildman–Crippen LogP) is 1.94. The number of aliphatic hydroxyl groups excluding tert-OH is 2. The Bertz CT molecular complexity index is 244. The highest BCUT2D eigenvalue weighted by atomic mass is 16.5. The highest BCUT2D eigenvalue weighted by Crippen LogP contribution is 2.44. The molecule has 2 atom stereocenters. The van der Waals surface area contributed by atoms with Crippen molar-refractivity contribution < 1.29 is 14.9 Å². The summed E-state index contributed by atoms with van der Waals surface area (Å²) in [7, 11) is 0. The van der Waals surface area contributed by atoms with Crippen LogP contribution in [0.1, 0.15) is 52.4 Å². The average Bonchev–Trinajstić information content (AvgIpc) is 3.23. The van der Waals surface area contributed by atoms with Crippen LogP contribution in [0.25, 0.3) is 0 Å². The molecule has 1 saturated carbocycles. The molecule has 4 heteroatoms. The van der Waals surface area contributed by atoms with Crippen LogP contribution in [0.5, 0.6) is 0 Å². The summed E-state index contributed by atoms with van der Waals surface area (Å²) in [6, 6.07) is 0.